The molecule has 2 rings (SSSR count). The molecule has 0 fully saturated rings. The van der Waals surface area contributed by atoms with Crippen molar-refractivity contribution in [1.29, 1.82) is 0 Å². The minimum Gasteiger partial charge on any atom is -0.426 e. The third kappa shape index (κ3) is 8.97. The molecule has 1 N–H and O–H groups in total. The zero-order valence-electron chi connectivity index (χ0n) is 19.6. The quantitative estimate of drug-likeness (QED) is 0.204. The van der Waals surface area contributed by atoms with Crippen molar-refractivity contribution < 1.29 is 51.9 Å². The molecule has 1 unspecified atom stereocenters. The molecule has 0 aliphatic carbocycles. The van der Waals surface area contributed by atoms with E-state index in [-0.39, 0.29) is 48.0 Å². The number of carbonyl (C=O) groups excluding carboxylic acids is 4. The Labute approximate surface area is 201 Å². The van der Waals surface area contributed by atoms with Gasteiger partial charge >= 0.3 is 25.7 Å². The topological polar surface area (TPSA) is 152 Å². The van der Waals surface area contributed by atoms with Crippen molar-refractivity contribution in [3.8, 4) is 23.0 Å². The van der Waals surface area contributed by atoms with Crippen LogP contribution in [0.15, 0.2) is 36.4 Å². The SMILES string of the molecule is CCOP(=O)(O)Oc1ccc(CCC(=O)c2c(OC(C)=O)cc(OC(C)=O)cc2OC(C)=O)cc1. The Morgan fingerprint density at radius 2 is 1.34 bits per heavy atom. The molecule has 0 radical (unpaired) electrons. The van der Waals surface area contributed by atoms with E-state index in [0.717, 1.165) is 20.8 Å². The molecule has 0 spiro atoms. The summed E-state index contributed by atoms with van der Waals surface area (Å²) in [5.74, 6) is -3.08. The van der Waals surface area contributed by atoms with Gasteiger partial charge in [-0.15, -0.1) is 0 Å². The van der Waals surface area contributed by atoms with Crippen LogP contribution in [0.5, 0.6) is 23.0 Å². The first kappa shape index (κ1) is 27.7. The van der Waals surface area contributed by atoms with Crippen LogP contribution < -0.4 is 18.7 Å². The van der Waals surface area contributed by atoms with Gasteiger partial charge in [-0.3, -0.25) is 28.6 Å². The Morgan fingerprint density at radius 1 is 0.829 bits per heavy atom. The lowest BCUT2D eigenvalue weighted by Crippen LogP contribution is -2.13. The highest BCUT2D eigenvalue weighted by Gasteiger charge is 2.24. The maximum atomic E-state index is 13.1. The van der Waals surface area contributed by atoms with Gasteiger partial charge < -0.3 is 18.7 Å². The van der Waals surface area contributed by atoms with Crippen LogP contribution in [0.4, 0.5) is 0 Å². The second-order valence-corrected chi connectivity index (χ2v) is 8.50. The Hall–Kier alpha value is -3.53. The number of hydrogen-bond acceptors (Lipinski definition) is 10. The fourth-order valence-electron chi connectivity index (χ4n) is 2.96. The van der Waals surface area contributed by atoms with Crippen LogP contribution in [0.25, 0.3) is 0 Å². The third-order valence-electron chi connectivity index (χ3n) is 4.16. The highest BCUT2D eigenvalue weighted by atomic mass is 31.2. The molecule has 0 heterocycles. The zero-order valence-corrected chi connectivity index (χ0v) is 20.5. The smallest absolute Gasteiger partial charge is 0.426 e. The van der Waals surface area contributed by atoms with E-state index in [1.165, 1.54) is 24.3 Å². The van der Waals surface area contributed by atoms with Crippen LogP contribution in [0.3, 0.4) is 0 Å². The number of aryl methyl sites for hydroxylation is 1. The molecule has 0 aromatic heterocycles. The highest BCUT2D eigenvalue weighted by molar-refractivity contribution is 7.47. The number of Topliss-reactive ketones (excluding diaryl/α,β-unsaturated/α-hetero) is 1. The summed E-state index contributed by atoms with van der Waals surface area (Å²) in [5.41, 5.74) is 0.527. The molecule has 35 heavy (non-hydrogen) atoms. The first-order chi connectivity index (χ1) is 16.4. The van der Waals surface area contributed by atoms with Gasteiger partial charge in [0.05, 0.1) is 6.61 Å². The first-order valence-corrected chi connectivity index (χ1v) is 11.9. The summed E-state index contributed by atoms with van der Waals surface area (Å²) in [4.78, 5) is 57.2. The zero-order chi connectivity index (χ0) is 26.2. The predicted molar refractivity (Wildman–Crippen MR) is 122 cm³/mol. The maximum absolute atomic E-state index is 13.1. The van der Waals surface area contributed by atoms with E-state index in [1.807, 2.05) is 0 Å². The standard InChI is InChI=1S/C23H25O11P/c1-5-30-35(28,29)34-18-9-6-17(7-10-18)8-11-20(27)23-21(32-15(3)25)12-19(31-14(2)24)13-22(23)33-16(4)26/h6-7,9-10,12-13H,5,8,11H2,1-4H3,(H,28,29). The Balaban J connectivity index is 2.27. The van der Waals surface area contributed by atoms with Crippen molar-refractivity contribution in [2.45, 2.75) is 40.5 Å². The number of carbonyl (C=O) groups is 4. The van der Waals surface area contributed by atoms with Gasteiger partial charge in [0.25, 0.3) is 0 Å². The molecule has 1 atom stereocenters. The molecule has 0 saturated heterocycles. The van der Waals surface area contributed by atoms with Crippen LogP contribution in [0.1, 0.15) is 50.0 Å². The second kappa shape index (κ2) is 12.3. The number of ketones is 1. The number of rotatable bonds is 11. The number of hydrogen-bond donors (Lipinski definition) is 1. The van der Waals surface area contributed by atoms with E-state index in [9.17, 15) is 28.6 Å². The summed E-state index contributed by atoms with van der Waals surface area (Å²) >= 11 is 0. The van der Waals surface area contributed by atoms with Crippen LogP contribution in [-0.2, 0) is 29.9 Å². The Bertz CT molecular complexity index is 1120. The van der Waals surface area contributed by atoms with E-state index in [4.69, 9.17) is 18.7 Å². The lowest BCUT2D eigenvalue weighted by atomic mass is 10.0. The largest absolute Gasteiger partial charge is 0.527 e. The van der Waals surface area contributed by atoms with Crippen LogP contribution in [-0.4, -0.2) is 35.2 Å². The summed E-state index contributed by atoms with van der Waals surface area (Å²) in [6, 6.07) is 8.45. The van der Waals surface area contributed by atoms with Crippen LogP contribution in [0.2, 0.25) is 0 Å². The van der Waals surface area contributed by atoms with Gasteiger partial charge in [-0.1, -0.05) is 12.1 Å². The summed E-state index contributed by atoms with van der Waals surface area (Å²) in [5, 5.41) is 0. The molecule has 0 aliphatic rings. The molecule has 0 bridgehead atoms. The number of benzene rings is 2. The fourth-order valence-corrected chi connectivity index (χ4v) is 3.73. The van der Waals surface area contributed by atoms with Crippen molar-refractivity contribution in [2.24, 2.45) is 0 Å². The lowest BCUT2D eigenvalue weighted by Gasteiger charge is -2.15. The van der Waals surface area contributed by atoms with Crippen molar-refractivity contribution in [2.75, 3.05) is 6.61 Å². The van der Waals surface area contributed by atoms with Gasteiger partial charge in [-0.2, -0.15) is 0 Å². The molecule has 2 aromatic rings. The van der Waals surface area contributed by atoms with Crippen LogP contribution >= 0.6 is 7.82 Å². The van der Waals surface area contributed by atoms with Gasteiger partial charge in [0.15, 0.2) is 5.78 Å². The van der Waals surface area contributed by atoms with E-state index < -0.39 is 31.5 Å². The minimum atomic E-state index is -4.22. The van der Waals surface area contributed by atoms with E-state index in [1.54, 1.807) is 19.1 Å². The summed E-state index contributed by atoms with van der Waals surface area (Å²) < 4.78 is 36.5. The van der Waals surface area contributed by atoms with Gasteiger partial charge in [0, 0.05) is 39.3 Å². The molecule has 188 valence electrons. The molecule has 0 amide bonds. The molecular weight excluding hydrogens is 483 g/mol. The van der Waals surface area contributed by atoms with Gasteiger partial charge in [-0.05, 0) is 31.0 Å². The average molecular weight is 508 g/mol. The van der Waals surface area contributed by atoms with Gasteiger partial charge in [-0.25, -0.2) is 4.57 Å². The average Bonchev–Trinajstić information content (AvgIpc) is 2.71. The van der Waals surface area contributed by atoms with Crippen molar-refractivity contribution >= 4 is 31.5 Å². The number of ether oxygens (including phenoxy) is 3. The summed E-state index contributed by atoms with van der Waals surface area (Å²) in [7, 11) is -4.22. The Morgan fingerprint density at radius 3 is 1.80 bits per heavy atom. The van der Waals surface area contributed by atoms with Gasteiger partial charge in [0.2, 0.25) is 0 Å². The highest BCUT2D eigenvalue weighted by Crippen LogP contribution is 2.43. The molecular formula is C23H25O11P. The van der Waals surface area contributed by atoms with Crippen molar-refractivity contribution in [1.82, 2.24) is 0 Å². The molecule has 12 heteroatoms. The van der Waals surface area contributed by atoms with E-state index in [2.05, 4.69) is 4.52 Å². The Kier molecular flexibility index (Phi) is 9.70. The summed E-state index contributed by atoms with van der Waals surface area (Å²) in [6.45, 7) is 4.95. The normalized spacial score (nSPS) is 12.3. The monoisotopic (exact) mass is 508 g/mol. The lowest BCUT2D eigenvalue weighted by molar-refractivity contribution is -0.132. The predicted octanol–water partition coefficient (Wildman–Crippen LogP) is 3.79. The first-order valence-electron chi connectivity index (χ1n) is 10.4. The second-order valence-electron chi connectivity index (χ2n) is 7.12. The fraction of sp³-hybridized carbons (Fsp3) is 0.304. The minimum absolute atomic E-state index is 0.000487. The molecule has 11 nitrogen and oxygen atoms in total. The number of phosphoric acid groups is 1. The van der Waals surface area contributed by atoms with Crippen molar-refractivity contribution in [3.63, 3.8) is 0 Å². The van der Waals surface area contributed by atoms with E-state index in [0.29, 0.717) is 5.56 Å². The maximum Gasteiger partial charge on any atom is 0.527 e. The molecule has 0 saturated carbocycles. The molecule has 0 aliphatic heterocycles. The van der Waals surface area contributed by atoms with Crippen molar-refractivity contribution in [3.05, 3.63) is 47.5 Å². The van der Waals surface area contributed by atoms with E-state index >= 15 is 0 Å². The number of esters is 3. The summed E-state index contributed by atoms with van der Waals surface area (Å²) in [6.07, 6.45) is 0.152. The van der Waals surface area contributed by atoms with Crippen LogP contribution in [0, 0.1) is 0 Å². The van der Waals surface area contributed by atoms with Gasteiger partial charge in [0.1, 0.15) is 28.6 Å². The molecule has 2 aromatic carbocycles. The third-order valence-corrected chi connectivity index (χ3v) is 5.19. The number of phosphoric ester groups is 1.